The first-order valence-corrected chi connectivity index (χ1v) is 7.95. The number of halogens is 2. The Morgan fingerprint density at radius 2 is 2.13 bits per heavy atom. The van der Waals surface area contributed by atoms with Crippen LogP contribution in [0.2, 0.25) is 10.0 Å². The zero-order valence-corrected chi connectivity index (χ0v) is 14.3. The van der Waals surface area contributed by atoms with Crippen LogP contribution in [-0.4, -0.2) is 32.1 Å². The molecule has 1 atom stereocenters. The summed E-state index contributed by atoms with van der Waals surface area (Å²) in [6.45, 7) is 4.28. The highest BCUT2D eigenvalue weighted by atomic mass is 35.5. The van der Waals surface area contributed by atoms with E-state index in [1.165, 1.54) is 4.68 Å². The van der Waals surface area contributed by atoms with E-state index in [9.17, 15) is 9.90 Å². The van der Waals surface area contributed by atoms with E-state index < -0.39 is 12.0 Å². The van der Waals surface area contributed by atoms with Gasteiger partial charge in [0.05, 0.1) is 22.6 Å². The maximum atomic E-state index is 11.2. The topological polar surface area (TPSA) is 80.0 Å². The highest BCUT2D eigenvalue weighted by molar-refractivity contribution is 6.35. The van der Waals surface area contributed by atoms with Crippen molar-refractivity contribution in [1.82, 2.24) is 20.3 Å². The molecule has 1 heterocycles. The summed E-state index contributed by atoms with van der Waals surface area (Å²) in [4.78, 5) is 11.2. The molecule has 2 N–H and O–H groups in total. The molecule has 23 heavy (non-hydrogen) atoms. The van der Waals surface area contributed by atoms with Crippen LogP contribution in [0.25, 0.3) is 5.69 Å². The van der Waals surface area contributed by atoms with E-state index in [1.54, 1.807) is 24.4 Å². The Kier molecular flexibility index (Phi) is 5.98. The number of nitrogens with zero attached hydrogens (tertiary/aromatic N) is 3. The van der Waals surface area contributed by atoms with Gasteiger partial charge in [-0.15, -0.1) is 5.10 Å². The van der Waals surface area contributed by atoms with E-state index in [4.69, 9.17) is 23.2 Å². The first-order valence-electron chi connectivity index (χ1n) is 7.19. The quantitative estimate of drug-likeness (QED) is 0.796. The molecule has 0 unspecified atom stereocenters. The maximum Gasteiger partial charge on any atom is 0.320 e. The normalized spacial score (nSPS) is 12.6. The van der Waals surface area contributed by atoms with Gasteiger partial charge < -0.3 is 5.11 Å². The van der Waals surface area contributed by atoms with Crippen molar-refractivity contribution >= 4 is 29.2 Å². The number of carboxylic acid groups (broad SMARTS) is 1. The molecule has 0 aliphatic carbocycles. The molecule has 6 nitrogen and oxygen atoms in total. The first kappa shape index (κ1) is 17.7. The van der Waals surface area contributed by atoms with Gasteiger partial charge in [-0.25, -0.2) is 4.68 Å². The van der Waals surface area contributed by atoms with Crippen molar-refractivity contribution in [2.75, 3.05) is 0 Å². The number of carboxylic acids is 1. The third kappa shape index (κ3) is 4.92. The first-order chi connectivity index (χ1) is 10.9. The Balaban J connectivity index is 2.06. The zero-order valence-electron chi connectivity index (χ0n) is 12.8. The van der Waals surface area contributed by atoms with Crippen molar-refractivity contribution in [3.05, 3.63) is 40.1 Å². The minimum absolute atomic E-state index is 0.284. The monoisotopic (exact) mass is 356 g/mol. The average Bonchev–Trinajstić information content (AvgIpc) is 2.91. The van der Waals surface area contributed by atoms with Crippen LogP contribution >= 0.6 is 23.2 Å². The van der Waals surface area contributed by atoms with Gasteiger partial charge in [0.1, 0.15) is 6.04 Å². The van der Waals surface area contributed by atoms with Gasteiger partial charge in [-0.3, -0.25) is 10.1 Å². The lowest BCUT2D eigenvalue weighted by atomic mass is 10.0. The Labute approximate surface area is 144 Å². The highest BCUT2D eigenvalue weighted by Crippen LogP contribution is 2.23. The lowest BCUT2D eigenvalue weighted by molar-refractivity contribution is -0.140. The number of hydrogen-bond donors (Lipinski definition) is 2. The van der Waals surface area contributed by atoms with Gasteiger partial charge in [-0.2, -0.15) is 0 Å². The number of aliphatic carboxylic acids is 1. The van der Waals surface area contributed by atoms with Crippen LogP contribution in [0.1, 0.15) is 26.0 Å². The second-order valence-corrected chi connectivity index (χ2v) is 6.50. The lowest BCUT2D eigenvalue weighted by Crippen LogP contribution is -2.37. The predicted octanol–water partition coefficient (Wildman–Crippen LogP) is 3.16. The summed E-state index contributed by atoms with van der Waals surface area (Å²) < 4.78 is 1.54. The number of rotatable bonds is 7. The minimum atomic E-state index is -0.869. The molecule has 0 saturated carbocycles. The van der Waals surface area contributed by atoms with E-state index >= 15 is 0 Å². The molecule has 0 amide bonds. The molecule has 2 aromatic rings. The molecule has 0 fully saturated rings. The van der Waals surface area contributed by atoms with Gasteiger partial charge >= 0.3 is 5.97 Å². The fraction of sp³-hybridized carbons (Fsp3) is 0.400. The lowest BCUT2D eigenvalue weighted by Gasteiger charge is -2.15. The smallest absolute Gasteiger partial charge is 0.320 e. The van der Waals surface area contributed by atoms with Crippen molar-refractivity contribution in [3.8, 4) is 5.69 Å². The summed E-state index contributed by atoms with van der Waals surface area (Å²) in [5, 5.41) is 21.2. The predicted molar refractivity (Wildman–Crippen MR) is 89.1 cm³/mol. The van der Waals surface area contributed by atoms with Crippen molar-refractivity contribution in [3.63, 3.8) is 0 Å². The summed E-state index contributed by atoms with van der Waals surface area (Å²) in [5.74, 6) is -0.584. The van der Waals surface area contributed by atoms with Crippen LogP contribution in [0.4, 0.5) is 0 Å². The molecule has 0 aliphatic heterocycles. The largest absolute Gasteiger partial charge is 0.480 e. The van der Waals surface area contributed by atoms with Gasteiger partial charge in [0.25, 0.3) is 0 Å². The molecule has 8 heteroatoms. The third-order valence-electron chi connectivity index (χ3n) is 3.23. The van der Waals surface area contributed by atoms with E-state index in [0.29, 0.717) is 34.4 Å². The standard InChI is InChI=1S/C15H18Cl2N4O2/c1-9(2)5-13(15(22)23)18-7-11-8-21(20-19-11)14-4-3-10(16)6-12(14)17/h3-4,6,8-9,13,18H,5,7H2,1-2H3,(H,22,23)/t13-/m0/s1. The molecular weight excluding hydrogens is 339 g/mol. The molecule has 1 aromatic heterocycles. The minimum Gasteiger partial charge on any atom is -0.480 e. The molecule has 124 valence electrons. The summed E-state index contributed by atoms with van der Waals surface area (Å²) in [6.07, 6.45) is 2.25. The Bertz CT molecular complexity index is 688. The van der Waals surface area contributed by atoms with Crippen LogP contribution in [-0.2, 0) is 11.3 Å². The molecule has 2 rings (SSSR count). The second kappa shape index (κ2) is 7.77. The average molecular weight is 357 g/mol. The van der Waals surface area contributed by atoms with Crippen LogP contribution in [0.15, 0.2) is 24.4 Å². The van der Waals surface area contributed by atoms with E-state index in [-0.39, 0.29) is 5.92 Å². The fourth-order valence-corrected chi connectivity index (χ4v) is 2.63. The van der Waals surface area contributed by atoms with E-state index in [2.05, 4.69) is 15.6 Å². The van der Waals surface area contributed by atoms with Gasteiger partial charge in [-0.1, -0.05) is 42.3 Å². The van der Waals surface area contributed by atoms with E-state index in [1.807, 2.05) is 13.8 Å². The number of benzene rings is 1. The Hall–Kier alpha value is -1.63. The molecule has 0 spiro atoms. The van der Waals surface area contributed by atoms with Gasteiger partial charge in [0.15, 0.2) is 0 Å². The van der Waals surface area contributed by atoms with Gasteiger partial charge in [-0.05, 0) is 30.5 Å². The number of aromatic nitrogens is 3. The van der Waals surface area contributed by atoms with Crippen molar-refractivity contribution < 1.29 is 9.90 Å². The molecular formula is C15H18Cl2N4O2. The van der Waals surface area contributed by atoms with Crippen LogP contribution in [0.3, 0.4) is 0 Å². The van der Waals surface area contributed by atoms with Crippen LogP contribution in [0.5, 0.6) is 0 Å². The van der Waals surface area contributed by atoms with E-state index in [0.717, 1.165) is 0 Å². The second-order valence-electron chi connectivity index (χ2n) is 5.65. The Morgan fingerprint density at radius 1 is 1.39 bits per heavy atom. The van der Waals surface area contributed by atoms with Crippen LogP contribution < -0.4 is 5.32 Å². The molecule has 1 aromatic carbocycles. The molecule has 0 saturated heterocycles. The van der Waals surface area contributed by atoms with Gasteiger partial charge in [0, 0.05) is 11.6 Å². The number of hydrogen-bond acceptors (Lipinski definition) is 4. The summed E-state index contributed by atoms with van der Waals surface area (Å²) in [7, 11) is 0. The highest BCUT2D eigenvalue weighted by Gasteiger charge is 2.18. The third-order valence-corrected chi connectivity index (χ3v) is 3.77. The summed E-state index contributed by atoms with van der Waals surface area (Å²) in [6, 6.07) is 4.47. The van der Waals surface area contributed by atoms with Crippen molar-refractivity contribution in [2.24, 2.45) is 5.92 Å². The van der Waals surface area contributed by atoms with Gasteiger partial charge in [0.2, 0.25) is 0 Å². The number of nitrogens with one attached hydrogen (secondary N) is 1. The number of carbonyl (C=O) groups is 1. The Morgan fingerprint density at radius 3 is 2.74 bits per heavy atom. The van der Waals surface area contributed by atoms with Crippen molar-refractivity contribution in [1.29, 1.82) is 0 Å². The summed E-state index contributed by atoms with van der Waals surface area (Å²) >= 11 is 12.0. The van der Waals surface area contributed by atoms with Crippen LogP contribution in [0, 0.1) is 5.92 Å². The fourth-order valence-electron chi connectivity index (χ4n) is 2.13. The molecule has 0 radical (unpaired) electrons. The van der Waals surface area contributed by atoms with Crippen molar-refractivity contribution in [2.45, 2.75) is 32.9 Å². The SMILES string of the molecule is CC(C)C[C@H](NCc1cn(-c2ccc(Cl)cc2Cl)nn1)C(=O)O. The zero-order chi connectivity index (χ0) is 17.0. The molecule has 0 aliphatic rings. The molecule has 0 bridgehead atoms. The summed E-state index contributed by atoms with van der Waals surface area (Å²) in [5.41, 5.74) is 1.29. The maximum absolute atomic E-state index is 11.2.